The third kappa shape index (κ3) is 3.10. The van der Waals surface area contributed by atoms with Gasteiger partial charge >= 0.3 is 0 Å². The smallest absolute Gasteiger partial charge is 0.0537 e. The number of nitrogens with one attached hydrogen (secondary N) is 1. The van der Waals surface area contributed by atoms with Crippen LogP contribution in [0.5, 0.6) is 0 Å². The van der Waals surface area contributed by atoms with E-state index in [0.29, 0.717) is 6.04 Å². The van der Waals surface area contributed by atoms with Gasteiger partial charge in [-0.3, -0.25) is 4.68 Å². The highest BCUT2D eigenvalue weighted by atomic mass is 15.3. The molecule has 0 saturated carbocycles. The summed E-state index contributed by atoms with van der Waals surface area (Å²) in [6.45, 7) is 5.07. The first-order valence-electron chi connectivity index (χ1n) is 5.33. The number of terminal acetylenes is 1. The zero-order valence-electron chi connectivity index (χ0n) is 9.75. The summed E-state index contributed by atoms with van der Waals surface area (Å²) in [4.78, 5) is 0. The Hall–Kier alpha value is -1.27. The van der Waals surface area contributed by atoms with Gasteiger partial charge in [0.15, 0.2) is 0 Å². The van der Waals surface area contributed by atoms with Gasteiger partial charge in [0.05, 0.1) is 6.20 Å². The Labute approximate surface area is 91.9 Å². The van der Waals surface area contributed by atoms with Gasteiger partial charge in [-0.2, -0.15) is 5.10 Å². The number of hydrogen-bond donors (Lipinski definition) is 1. The van der Waals surface area contributed by atoms with Crippen LogP contribution in [0.15, 0.2) is 6.20 Å². The standard InChI is InChI=1S/C12H19N3/c1-5-7-12(6-2)13-8-11-9-14-15(4)10(11)3/h1,9,12-13H,6-8H2,2-4H3. The van der Waals surface area contributed by atoms with E-state index < -0.39 is 0 Å². The topological polar surface area (TPSA) is 29.9 Å². The van der Waals surface area contributed by atoms with E-state index in [1.165, 1.54) is 11.3 Å². The van der Waals surface area contributed by atoms with Crippen molar-refractivity contribution in [2.24, 2.45) is 7.05 Å². The lowest BCUT2D eigenvalue weighted by atomic mass is 10.1. The van der Waals surface area contributed by atoms with Crippen molar-refractivity contribution in [3.63, 3.8) is 0 Å². The molecule has 0 saturated heterocycles. The lowest BCUT2D eigenvalue weighted by molar-refractivity contribution is 0.505. The van der Waals surface area contributed by atoms with Crippen molar-refractivity contribution in [2.75, 3.05) is 0 Å². The third-order valence-corrected chi connectivity index (χ3v) is 2.78. The Morgan fingerprint density at radius 1 is 1.67 bits per heavy atom. The van der Waals surface area contributed by atoms with E-state index >= 15 is 0 Å². The predicted molar refractivity (Wildman–Crippen MR) is 62.3 cm³/mol. The molecular formula is C12H19N3. The molecule has 3 nitrogen and oxygen atoms in total. The van der Waals surface area contributed by atoms with Crippen LogP contribution >= 0.6 is 0 Å². The molecule has 0 spiro atoms. The summed E-state index contributed by atoms with van der Waals surface area (Å²) in [5.74, 6) is 2.69. The van der Waals surface area contributed by atoms with Crippen molar-refractivity contribution in [1.29, 1.82) is 0 Å². The van der Waals surface area contributed by atoms with Crippen LogP contribution in [0, 0.1) is 19.3 Å². The summed E-state index contributed by atoms with van der Waals surface area (Å²) < 4.78 is 1.89. The minimum atomic E-state index is 0.412. The number of hydrogen-bond acceptors (Lipinski definition) is 2. The summed E-state index contributed by atoms with van der Waals surface area (Å²) in [6, 6.07) is 0.412. The molecule has 82 valence electrons. The van der Waals surface area contributed by atoms with Crippen LogP contribution in [0.1, 0.15) is 31.0 Å². The largest absolute Gasteiger partial charge is 0.309 e. The summed E-state index contributed by atoms with van der Waals surface area (Å²) in [5, 5.41) is 7.65. The van der Waals surface area contributed by atoms with Crippen LogP contribution in [0.4, 0.5) is 0 Å². The van der Waals surface area contributed by atoms with Crippen LogP contribution in [0.3, 0.4) is 0 Å². The molecule has 0 bridgehead atoms. The van der Waals surface area contributed by atoms with E-state index in [2.05, 4.69) is 30.2 Å². The Balaban J connectivity index is 2.49. The molecule has 1 N–H and O–H groups in total. The minimum Gasteiger partial charge on any atom is -0.309 e. The predicted octanol–water partition coefficient (Wildman–Crippen LogP) is 1.62. The summed E-state index contributed by atoms with van der Waals surface area (Å²) >= 11 is 0. The Bertz CT molecular complexity index is 346. The molecule has 0 aromatic carbocycles. The molecule has 0 aliphatic carbocycles. The molecule has 1 atom stereocenters. The van der Waals surface area contributed by atoms with Crippen molar-refractivity contribution >= 4 is 0 Å². The fourth-order valence-electron chi connectivity index (χ4n) is 1.48. The van der Waals surface area contributed by atoms with E-state index in [-0.39, 0.29) is 0 Å². The monoisotopic (exact) mass is 205 g/mol. The van der Waals surface area contributed by atoms with E-state index in [1.54, 1.807) is 0 Å². The van der Waals surface area contributed by atoms with Crippen molar-refractivity contribution in [1.82, 2.24) is 15.1 Å². The Morgan fingerprint density at radius 3 is 2.87 bits per heavy atom. The quantitative estimate of drug-likeness (QED) is 0.740. The Kier molecular flexibility index (Phi) is 4.38. The molecule has 0 radical (unpaired) electrons. The molecule has 0 aliphatic rings. The van der Waals surface area contributed by atoms with Crippen LogP contribution in [-0.4, -0.2) is 15.8 Å². The average Bonchev–Trinajstić information content (AvgIpc) is 2.55. The maximum absolute atomic E-state index is 5.30. The zero-order chi connectivity index (χ0) is 11.3. The van der Waals surface area contributed by atoms with Crippen molar-refractivity contribution in [2.45, 2.75) is 39.3 Å². The van der Waals surface area contributed by atoms with Gasteiger partial charge in [-0.05, 0) is 13.3 Å². The van der Waals surface area contributed by atoms with Crippen LogP contribution < -0.4 is 5.32 Å². The maximum atomic E-state index is 5.30. The van der Waals surface area contributed by atoms with Crippen LogP contribution in [-0.2, 0) is 13.6 Å². The van der Waals surface area contributed by atoms with E-state index in [0.717, 1.165) is 19.4 Å². The molecule has 15 heavy (non-hydrogen) atoms. The lowest BCUT2D eigenvalue weighted by Crippen LogP contribution is -2.27. The highest BCUT2D eigenvalue weighted by Crippen LogP contribution is 2.06. The van der Waals surface area contributed by atoms with Gasteiger partial charge in [0.2, 0.25) is 0 Å². The van der Waals surface area contributed by atoms with Crippen molar-refractivity contribution in [3.8, 4) is 12.3 Å². The minimum absolute atomic E-state index is 0.412. The van der Waals surface area contributed by atoms with Crippen LogP contribution in [0.25, 0.3) is 0 Å². The number of aromatic nitrogens is 2. The first-order valence-corrected chi connectivity index (χ1v) is 5.33. The summed E-state index contributed by atoms with van der Waals surface area (Å²) in [7, 11) is 1.96. The number of aryl methyl sites for hydroxylation is 1. The van der Waals surface area contributed by atoms with Gasteiger partial charge in [0.1, 0.15) is 0 Å². The number of rotatable bonds is 5. The molecule has 1 heterocycles. The highest BCUT2D eigenvalue weighted by molar-refractivity contribution is 5.15. The van der Waals surface area contributed by atoms with Gasteiger partial charge in [-0.25, -0.2) is 0 Å². The van der Waals surface area contributed by atoms with Gasteiger partial charge in [-0.1, -0.05) is 6.92 Å². The van der Waals surface area contributed by atoms with E-state index in [9.17, 15) is 0 Å². The second-order valence-electron chi connectivity index (χ2n) is 3.77. The van der Waals surface area contributed by atoms with Gasteiger partial charge in [-0.15, -0.1) is 12.3 Å². The van der Waals surface area contributed by atoms with Crippen LogP contribution in [0.2, 0.25) is 0 Å². The van der Waals surface area contributed by atoms with E-state index in [1.807, 2.05) is 17.9 Å². The fourth-order valence-corrected chi connectivity index (χ4v) is 1.48. The normalized spacial score (nSPS) is 12.4. The molecule has 1 rings (SSSR count). The van der Waals surface area contributed by atoms with Gasteiger partial charge < -0.3 is 5.32 Å². The first kappa shape index (κ1) is 11.8. The van der Waals surface area contributed by atoms with Crippen molar-refractivity contribution in [3.05, 3.63) is 17.5 Å². The molecule has 1 aromatic rings. The molecule has 0 fully saturated rings. The second-order valence-corrected chi connectivity index (χ2v) is 3.77. The maximum Gasteiger partial charge on any atom is 0.0537 e. The molecule has 0 aliphatic heterocycles. The molecule has 3 heteroatoms. The molecule has 1 aromatic heterocycles. The molecule has 0 amide bonds. The highest BCUT2D eigenvalue weighted by Gasteiger charge is 2.07. The average molecular weight is 205 g/mol. The fraction of sp³-hybridized carbons (Fsp3) is 0.583. The third-order valence-electron chi connectivity index (χ3n) is 2.78. The molecular weight excluding hydrogens is 186 g/mol. The first-order chi connectivity index (χ1) is 7.19. The SMILES string of the molecule is C#CCC(CC)NCc1cnn(C)c1C. The second kappa shape index (κ2) is 5.57. The Morgan fingerprint density at radius 2 is 2.40 bits per heavy atom. The summed E-state index contributed by atoms with van der Waals surface area (Å²) in [6.07, 6.45) is 9.06. The molecule has 1 unspecified atom stereocenters. The van der Waals surface area contributed by atoms with Gasteiger partial charge in [0.25, 0.3) is 0 Å². The van der Waals surface area contributed by atoms with E-state index in [4.69, 9.17) is 6.42 Å². The zero-order valence-corrected chi connectivity index (χ0v) is 9.75. The van der Waals surface area contributed by atoms with Crippen molar-refractivity contribution < 1.29 is 0 Å². The summed E-state index contributed by atoms with van der Waals surface area (Å²) in [5.41, 5.74) is 2.45. The van der Waals surface area contributed by atoms with Gasteiger partial charge in [0, 0.05) is 37.3 Å². The number of nitrogens with zero attached hydrogens (tertiary/aromatic N) is 2. The lowest BCUT2D eigenvalue weighted by Gasteiger charge is -2.13.